The fourth-order valence-electron chi connectivity index (χ4n) is 2.40. The molecular weight excluding hydrogens is 328 g/mol. The molecule has 23 heavy (non-hydrogen) atoms. The van der Waals surface area contributed by atoms with Crippen molar-refractivity contribution in [3.8, 4) is 10.4 Å². The molecule has 1 atom stereocenters. The van der Waals surface area contributed by atoms with Gasteiger partial charge in [-0.3, -0.25) is 4.79 Å². The Hall–Kier alpha value is -1.36. The number of nitrogens with two attached hydrogens (primary N) is 1. The van der Waals surface area contributed by atoms with Crippen LogP contribution in [0, 0.1) is 6.92 Å². The summed E-state index contributed by atoms with van der Waals surface area (Å²) in [5.74, 6) is 0.000779. The molecule has 0 radical (unpaired) electrons. The first kappa shape index (κ1) is 19.7. The van der Waals surface area contributed by atoms with Gasteiger partial charge in [-0.1, -0.05) is 24.3 Å². The average molecular weight is 353 g/mol. The van der Waals surface area contributed by atoms with E-state index < -0.39 is 6.04 Å². The number of benzene rings is 1. The van der Waals surface area contributed by atoms with E-state index in [1.54, 1.807) is 18.3 Å². The standard InChI is InChI=1S/C18H24N2OS.ClH/c1-12(2)20(18(21)14(4)19)11-15-9-10-17(22-15)16-8-6-5-7-13(16)3;/h5-10,12,14H,11,19H2,1-4H3;1H/t14-;/m1./s1. The number of nitrogens with zero attached hydrogens (tertiary/aromatic N) is 1. The maximum atomic E-state index is 12.2. The number of halogens is 1. The van der Waals surface area contributed by atoms with E-state index in [9.17, 15) is 4.79 Å². The van der Waals surface area contributed by atoms with Crippen LogP contribution in [0.3, 0.4) is 0 Å². The number of amides is 1. The highest BCUT2D eigenvalue weighted by atomic mass is 35.5. The summed E-state index contributed by atoms with van der Waals surface area (Å²) < 4.78 is 0. The van der Waals surface area contributed by atoms with Crippen LogP contribution >= 0.6 is 23.7 Å². The second kappa shape index (κ2) is 8.48. The summed E-state index contributed by atoms with van der Waals surface area (Å²) in [5.41, 5.74) is 8.28. The Labute approximate surface area is 148 Å². The van der Waals surface area contributed by atoms with E-state index in [0.717, 1.165) is 0 Å². The highest BCUT2D eigenvalue weighted by Gasteiger charge is 2.21. The molecule has 126 valence electrons. The van der Waals surface area contributed by atoms with Gasteiger partial charge in [0.05, 0.1) is 12.6 Å². The zero-order chi connectivity index (χ0) is 16.3. The van der Waals surface area contributed by atoms with Gasteiger partial charge in [0, 0.05) is 15.8 Å². The third kappa shape index (κ3) is 4.80. The Morgan fingerprint density at radius 3 is 2.39 bits per heavy atom. The number of carbonyl (C=O) groups is 1. The van der Waals surface area contributed by atoms with E-state index >= 15 is 0 Å². The lowest BCUT2D eigenvalue weighted by Gasteiger charge is -2.27. The third-order valence-corrected chi connectivity index (χ3v) is 4.80. The maximum absolute atomic E-state index is 12.2. The van der Waals surface area contributed by atoms with Crippen LogP contribution in [0.1, 0.15) is 31.2 Å². The monoisotopic (exact) mass is 352 g/mol. The Bertz CT molecular complexity index is 652. The summed E-state index contributed by atoms with van der Waals surface area (Å²) in [4.78, 5) is 16.5. The Morgan fingerprint density at radius 1 is 1.17 bits per heavy atom. The molecule has 5 heteroatoms. The van der Waals surface area contributed by atoms with Crippen molar-refractivity contribution in [1.82, 2.24) is 4.90 Å². The number of hydrogen-bond donors (Lipinski definition) is 1. The van der Waals surface area contributed by atoms with Gasteiger partial charge in [-0.2, -0.15) is 0 Å². The first-order valence-corrected chi connectivity index (χ1v) is 8.42. The van der Waals surface area contributed by atoms with Crippen molar-refractivity contribution in [3.63, 3.8) is 0 Å². The molecule has 2 N–H and O–H groups in total. The van der Waals surface area contributed by atoms with Gasteiger partial charge in [-0.05, 0) is 51.0 Å². The summed E-state index contributed by atoms with van der Waals surface area (Å²) in [5, 5.41) is 0. The van der Waals surface area contributed by atoms with Crippen LogP contribution in [0.2, 0.25) is 0 Å². The number of aryl methyl sites for hydroxylation is 1. The molecule has 2 rings (SSSR count). The normalized spacial score (nSPS) is 11.9. The molecule has 0 aliphatic heterocycles. The van der Waals surface area contributed by atoms with Crippen LogP contribution in [0.25, 0.3) is 10.4 Å². The molecular formula is C18H25ClN2OS. The smallest absolute Gasteiger partial charge is 0.239 e. The Kier molecular flexibility index (Phi) is 7.26. The molecule has 3 nitrogen and oxygen atoms in total. The van der Waals surface area contributed by atoms with Gasteiger partial charge in [0.2, 0.25) is 5.91 Å². The molecule has 1 aromatic carbocycles. The molecule has 1 aromatic heterocycles. The summed E-state index contributed by atoms with van der Waals surface area (Å²) in [6.07, 6.45) is 0. The van der Waals surface area contributed by atoms with Crippen molar-refractivity contribution < 1.29 is 4.79 Å². The van der Waals surface area contributed by atoms with Gasteiger partial charge in [-0.15, -0.1) is 23.7 Å². The van der Waals surface area contributed by atoms with Gasteiger partial charge < -0.3 is 10.6 Å². The number of carbonyl (C=O) groups excluding carboxylic acids is 1. The molecule has 0 saturated carbocycles. The molecule has 0 bridgehead atoms. The molecule has 0 saturated heterocycles. The molecule has 0 aliphatic rings. The van der Waals surface area contributed by atoms with Gasteiger partial charge >= 0.3 is 0 Å². The van der Waals surface area contributed by atoms with Crippen LogP contribution in [-0.2, 0) is 11.3 Å². The quantitative estimate of drug-likeness (QED) is 0.875. The van der Waals surface area contributed by atoms with E-state index in [1.807, 2.05) is 18.7 Å². The van der Waals surface area contributed by atoms with Crippen molar-refractivity contribution in [2.24, 2.45) is 5.73 Å². The van der Waals surface area contributed by atoms with Crippen molar-refractivity contribution >= 4 is 29.7 Å². The minimum Gasteiger partial charge on any atom is -0.334 e. The zero-order valence-corrected chi connectivity index (χ0v) is 15.7. The van der Waals surface area contributed by atoms with Gasteiger partial charge in [0.25, 0.3) is 0 Å². The van der Waals surface area contributed by atoms with Crippen LogP contribution in [0.5, 0.6) is 0 Å². The number of hydrogen-bond acceptors (Lipinski definition) is 3. The minimum atomic E-state index is -0.460. The second-order valence-electron chi connectivity index (χ2n) is 5.93. The van der Waals surface area contributed by atoms with Crippen molar-refractivity contribution in [2.45, 2.75) is 46.3 Å². The van der Waals surface area contributed by atoms with Gasteiger partial charge in [-0.25, -0.2) is 0 Å². The number of rotatable bonds is 5. The summed E-state index contributed by atoms with van der Waals surface area (Å²) in [6, 6.07) is 12.3. The molecule has 0 aliphatic carbocycles. The summed E-state index contributed by atoms with van der Waals surface area (Å²) in [6.45, 7) is 8.53. The SMILES string of the molecule is Cc1ccccc1-c1ccc(CN(C(=O)[C@@H](C)N)C(C)C)s1.Cl. The van der Waals surface area contributed by atoms with E-state index in [0.29, 0.717) is 6.54 Å². The van der Waals surface area contributed by atoms with E-state index in [-0.39, 0.29) is 24.4 Å². The first-order chi connectivity index (χ1) is 10.4. The molecule has 1 heterocycles. The van der Waals surface area contributed by atoms with Crippen LogP contribution in [0.4, 0.5) is 0 Å². The molecule has 0 spiro atoms. The van der Waals surface area contributed by atoms with E-state index in [1.165, 1.54) is 20.9 Å². The summed E-state index contributed by atoms with van der Waals surface area (Å²) in [7, 11) is 0. The highest BCUT2D eigenvalue weighted by molar-refractivity contribution is 7.15. The Morgan fingerprint density at radius 2 is 1.83 bits per heavy atom. The highest BCUT2D eigenvalue weighted by Crippen LogP contribution is 2.31. The fourth-order valence-corrected chi connectivity index (χ4v) is 3.50. The minimum absolute atomic E-state index is 0. The predicted molar refractivity (Wildman–Crippen MR) is 101 cm³/mol. The summed E-state index contributed by atoms with van der Waals surface area (Å²) >= 11 is 1.74. The van der Waals surface area contributed by atoms with Crippen LogP contribution in [0.15, 0.2) is 36.4 Å². The molecule has 0 unspecified atom stereocenters. The topological polar surface area (TPSA) is 46.3 Å². The maximum Gasteiger partial charge on any atom is 0.239 e. The van der Waals surface area contributed by atoms with Crippen LogP contribution in [-0.4, -0.2) is 22.9 Å². The molecule has 0 fully saturated rings. The lowest BCUT2D eigenvalue weighted by atomic mass is 10.1. The van der Waals surface area contributed by atoms with E-state index in [2.05, 4.69) is 43.3 Å². The molecule has 2 aromatic rings. The second-order valence-corrected chi connectivity index (χ2v) is 7.10. The lowest BCUT2D eigenvalue weighted by Crippen LogP contribution is -2.44. The Balaban J connectivity index is 0.00000264. The molecule has 1 amide bonds. The van der Waals surface area contributed by atoms with Crippen molar-refractivity contribution in [1.29, 1.82) is 0 Å². The third-order valence-electron chi connectivity index (χ3n) is 3.69. The van der Waals surface area contributed by atoms with Crippen molar-refractivity contribution in [2.75, 3.05) is 0 Å². The fraction of sp³-hybridized carbons (Fsp3) is 0.389. The number of thiophene rings is 1. The van der Waals surface area contributed by atoms with Gasteiger partial charge in [0.1, 0.15) is 0 Å². The van der Waals surface area contributed by atoms with Crippen LogP contribution < -0.4 is 5.73 Å². The zero-order valence-electron chi connectivity index (χ0n) is 14.1. The van der Waals surface area contributed by atoms with E-state index in [4.69, 9.17) is 5.73 Å². The van der Waals surface area contributed by atoms with Crippen molar-refractivity contribution in [3.05, 3.63) is 46.8 Å². The predicted octanol–water partition coefficient (Wildman–Crippen LogP) is 4.23. The first-order valence-electron chi connectivity index (χ1n) is 7.61. The average Bonchev–Trinajstić information content (AvgIpc) is 2.92. The lowest BCUT2D eigenvalue weighted by molar-refractivity contribution is -0.134. The largest absolute Gasteiger partial charge is 0.334 e. The van der Waals surface area contributed by atoms with Gasteiger partial charge in [0.15, 0.2) is 0 Å².